The minimum Gasteiger partial charge on any atom is -0.480 e. The van der Waals surface area contributed by atoms with Gasteiger partial charge in [0.05, 0.1) is 6.54 Å². The van der Waals surface area contributed by atoms with E-state index < -0.39 is 12.0 Å². The first-order valence-corrected chi connectivity index (χ1v) is 9.98. The molecule has 1 aliphatic heterocycles. The van der Waals surface area contributed by atoms with Gasteiger partial charge in [-0.15, -0.1) is 0 Å². The van der Waals surface area contributed by atoms with Crippen molar-refractivity contribution in [1.82, 2.24) is 14.7 Å². The lowest BCUT2D eigenvalue weighted by Gasteiger charge is -2.29. The number of aliphatic carboxylic acids is 1. The summed E-state index contributed by atoms with van der Waals surface area (Å²) >= 11 is 0. The van der Waals surface area contributed by atoms with Crippen LogP contribution in [0.2, 0.25) is 0 Å². The zero-order valence-corrected chi connectivity index (χ0v) is 16.4. The van der Waals surface area contributed by atoms with E-state index in [1.165, 1.54) is 11.1 Å². The van der Waals surface area contributed by atoms with Crippen LogP contribution in [0.25, 0.3) is 0 Å². The molecule has 1 amide bonds. The van der Waals surface area contributed by atoms with E-state index in [0.29, 0.717) is 6.54 Å². The Hall–Kier alpha value is -1.92. The number of carbonyl (C=O) groups excluding carboxylic acids is 1. The predicted molar refractivity (Wildman–Crippen MR) is 104 cm³/mol. The highest BCUT2D eigenvalue weighted by atomic mass is 16.4. The molecule has 1 saturated carbocycles. The summed E-state index contributed by atoms with van der Waals surface area (Å²) in [6.45, 7) is 8.21. The highest BCUT2D eigenvalue weighted by Crippen LogP contribution is 2.28. The maximum absolute atomic E-state index is 12.8. The lowest BCUT2D eigenvalue weighted by Crippen LogP contribution is -2.48. The van der Waals surface area contributed by atoms with Gasteiger partial charge in [-0.25, -0.2) is 0 Å². The van der Waals surface area contributed by atoms with E-state index in [1.807, 2.05) is 9.80 Å². The first-order valence-electron chi connectivity index (χ1n) is 9.98. The molecule has 1 aromatic carbocycles. The van der Waals surface area contributed by atoms with Gasteiger partial charge in [0.25, 0.3) is 0 Å². The lowest BCUT2D eigenvalue weighted by molar-refractivity contribution is -0.144. The Kier molecular flexibility index (Phi) is 6.50. The Morgan fingerprint density at radius 2 is 1.85 bits per heavy atom. The van der Waals surface area contributed by atoms with E-state index in [9.17, 15) is 14.7 Å². The molecular weight excluding hydrogens is 342 g/mol. The first kappa shape index (κ1) is 19.8. The number of carboxylic acid groups (broad SMARTS) is 1. The van der Waals surface area contributed by atoms with Gasteiger partial charge in [-0.05, 0) is 38.7 Å². The molecule has 1 N–H and O–H groups in total. The van der Waals surface area contributed by atoms with Crippen LogP contribution in [0.4, 0.5) is 0 Å². The number of benzene rings is 1. The molecule has 1 aliphatic carbocycles. The lowest BCUT2D eigenvalue weighted by atomic mass is 10.1. The molecule has 1 atom stereocenters. The molecule has 0 spiro atoms. The molecule has 0 bridgehead atoms. The maximum atomic E-state index is 12.8. The fourth-order valence-corrected chi connectivity index (χ4v) is 3.72. The van der Waals surface area contributed by atoms with Gasteiger partial charge >= 0.3 is 5.97 Å². The fraction of sp³-hybridized carbons (Fsp3) is 0.619. The van der Waals surface area contributed by atoms with Crippen LogP contribution in [0.1, 0.15) is 37.3 Å². The van der Waals surface area contributed by atoms with Gasteiger partial charge in [-0.1, -0.05) is 29.8 Å². The number of hydrogen-bond donors (Lipinski definition) is 1. The van der Waals surface area contributed by atoms with E-state index in [0.717, 1.165) is 45.4 Å². The minimum absolute atomic E-state index is 0.0622. The van der Waals surface area contributed by atoms with Crippen molar-refractivity contribution < 1.29 is 14.7 Å². The average Bonchev–Trinajstić information content (AvgIpc) is 3.48. The normalized spacial score (nSPS) is 19.7. The summed E-state index contributed by atoms with van der Waals surface area (Å²) in [6.07, 6.45) is 2.94. The van der Waals surface area contributed by atoms with Crippen LogP contribution < -0.4 is 0 Å². The number of rotatable bonds is 7. The Morgan fingerprint density at radius 1 is 1.15 bits per heavy atom. The number of carbonyl (C=O) groups is 2. The Labute approximate surface area is 161 Å². The maximum Gasteiger partial charge on any atom is 0.320 e. The summed E-state index contributed by atoms with van der Waals surface area (Å²) in [4.78, 5) is 30.3. The third-order valence-corrected chi connectivity index (χ3v) is 5.66. The van der Waals surface area contributed by atoms with E-state index in [2.05, 4.69) is 36.1 Å². The standard InChI is InChI=1S/C21H31N3O3/c1-16-4-6-18(7-5-16)14-22-10-3-11-23(13-12-22)20(25)15-24(19-8-9-19)17(2)21(26)27/h4-7,17,19H,3,8-15H2,1-2H3,(H,26,27). The van der Waals surface area contributed by atoms with Crippen molar-refractivity contribution in [3.8, 4) is 0 Å². The van der Waals surface area contributed by atoms with Gasteiger partial charge in [0, 0.05) is 38.8 Å². The summed E-state index contributed by atoms with van der Waals surface area (Å²) in [5, 5.41) is 9.32. The topological polar surface area (TPSA) is 64.1 Å². The molecule has 0 aromatic heterocycles. The smallest absolute Gasteiger partial charge is 0.320 e. The second kappa shape index (κ2) is 8.85. The number of amides is 1. The Morgan fingerprint density at radius 3 is 2.48 bits per heavy atom. The van der Waals surface area contributed by atoms with Gasteiger partial charge in [0.1, 0.15) is 6.04 Å². The van der Waals surface area contributed by atoms with Gasteiger partial charge in [0.15, 0.2) is 0 Å². The van der Waals surface area contributed by atoms with Crippen molar-refractivity contribution in [2.75, 3.05) is 32.7 Å². The van der Waals surface area contributed by atoms with Crippen LogP contribution in [-0.4, -0.2) is 76.5 Å². The number of carboxylic acids is 1. The quantitative estimate of drug-likeness (QED) is 0.792. The monoisotopic (exact) mass is 373 g/mol. The van der Waals surface area contributed by atoms with Crippen molar-refractivity contribution in [1.29, 1.82) is 0 Å². The van der Waals surface area contributed by atoms with Crippen molar-refractivity contribution in [3.05, 3.63) is 35.4 Å². The van der Waals surface area contributed by atoms with Gasteiger partial charge < -0.3 is 10.0 Å². The summed E-state index contributed by atoms with van der Waals surface area (Å²) in [5.74, 6) is -0.790. The molecule has 0 radical (unpaired) electrons. The molecule has 1 unspecified atom stereocenters. The molecule has 27 heavy (non-hydrogen) atoms. The van der Waals surface area contributed by atoms with Crippen LogP contribution in [0.5, 0.6) is 0 Å². The third kappa shape index (κ3) is 5.53. The van der Waals surface area contributed by atoms with Crippen LogP contribution in [0.3, 0.4) is 0 Å². The van der Waals surface area contributed by atoms with E-state index >= 15 is 0 Å². The van der Waals surface area contributed by atoms with Crippen molar-refractivity contribution in [2.45, 2.75) is 51.7 Å². The molecule has 1 heterocycles. The van der Waals surface area contributed by atoms with Crippen molar-refractivity contribution in [3.63, 3.8) is 0 Å². The molecule has 6 heteroatoms. The largest absolute Gasteiger partial charge is 0.480 e. The molecule has 2 fully saturated rings. The SMILES string of the molecule is Cc1ccc(CN2CCCN(C(=O)CN(C3CC3)C(C)C(=O)O)CC2)cc1. The third-order valence-electron chi connectivity index (χ3n) is 5.66. The molecule has 3 rings (SSSR count). The predicted octanol–water partition coefficient (Wildman–Crippen LogP) is 1.97. The molecule has 1 aromatic rings. The number of hydrogen-bond acceptors (Lipinski definition) is 4. The highest BCUT2D eigenvalue weighted by molar-refractivity contribution is 5.80. The summed E-state index contributed by atoms with van der Waals surface area (Å²) in [6, 6.07) is 8.27. The first-order chi connectivity index (χ1) is 12.9. The fourth-order valence-electron chi connectivity index (χ4n) is 3.72. The Balaban J connectivity index is 1.52. The van der Waals surface area contributed by atoms with Crippen LogP contribution in [0, 0.1) is 6.92 Å². The summed E-state index contributed by atoms with van der Waals surface area (Å²) in [5.41, 5.74) is 2.57. The van der Waals surface area contributed by atoms with Gasteiger partial charge in [0.2, 0.25) is 5.91 Å². The molecular formula is C21H31N3O3. The summed E-state index contributed by atoms with van der Waals surface area (Å²) in [7, 11) is 0. The summed E-state index contributed by atoms with van der Waals surface area (Å²) < 4.78 is 0. The second-order valence-corrected chi connectivity index (χ2v) is 7.91. The van der Waals surface area contributed by atoms with Crippen LogP contribution >= 0.6 is 0 Å². The molecule has 1 saturated heterocycles. The Bertz CT molecular complexity index is 657. The molecule has 2 aliphatic rings. The zero-order valence-electron chi connectivity index (χ0n) is 16.4. The number of nitrogens with zero attached hydrogens (tertiary/aromatic N) is 3. The second-order valence-electron chi connectivity index (χ2n) is 7.91. The van der Waals surface area contributed by atoms with E-state index in [4.69, 9.17) is 0 Å². The average molecular weight is 373 g/mol. The van der Waals surface area contributed by atoms with E-state index in [1.54, 1.807) is 6.92 Å². The minimum atomic E-state index is -0.852. The van der Waals surface area contributed by atoms with Gasteiger partial charge in [-0.3, -0.25) is 19.4 Å². The van der Waals surface area contributed by atoms with Crippen LogP contribution in [0.15, 0.2) is 24.3 Å². The van der Waals surface area contributed by atoms with Crippen molar-refractivity contribution in [2.24, 2.45) is 0 Å². The van der Waals surface area contributed by atoms with Crippen molar-refractivity contribution >= 4 is 11.9 Å². The van der Waals surface area contributed by atoms with Crippen LogP contribution in [-0.2, 0) is 16.1 Å². The highest BCUT2D eigenvalue weighted by Gasteiger charge is 2.37. The number of aryl methyl sites for hydroxylation is 1. The van der Waals surface area contributed by atoms with E-state index in [-0.39, 0.29) is 18.5 Å². The molecule has 6 nitrogen and oxygen atoms in total. The zero-order chi connectivity index (χ0) is 19.4. The molecule has 148 valence electrons. The van der Waals surface area contributed by atoms with Gasteiger partial charge in [-0.2, -0.15) is 0 Å².